The normalized spacial score (nSPS) is 11.3. The lowest BCUT2D eigenvalue weighted by Crippen LogP contribution is -2.19. The van der Waals surface area contributed by atoms with Crippen molar-refractivity contribution in [1.82, 2.24) is 20.2 Å². The summed E-state index contributed by atoms with van der Waals surface area (Å²) in [7, 11) is 1.88. The molecule has 3 rings (SSSR count). The summed E-state index contributed by atoms with van der Waals surface area (Å²) >= 11 is 1.32. The molecule has 0 fully saturated rings. The number of amides is 1. The maximum Gasteiger partial charge on any atom is 0.250 e. The van der Waals surface area contributed by atoms with Crippen molar-refractivity contribution in [3.63, 3.8) is 0 Å². The number of benzene rings is 2. The van der Waals surface area contributed by atoms with E-state index in [0.29, 0.717) is 5.16 Å². The Hall–Kier alpha value is -3.19. The van der Waals surface area contributed by atoms with Crippen LogP contribution in [0.2, 0.25) is 0 Å². The fourth-order valence-electron chi connectivity index (χ4n) is 2.31. The summed E-state index contributed by atoms with van der Waals surface area (Å²) in [6.07, 6.45) is 5.23. The fraction of sp³-hybridized carbons (Fsp3) is 0.100. The molecule has 27 heavy (non-hydrogen) atoms. The van der Waals surface area contributed by atoms with E-state index in [9.17, 15) is 4.79 Å². The zero-order valence-electron chi connectivity index (χ0n) is 14.8. The summed E-state index contributed by atoms with van der Waals surface area (Å²) < 4.78 is 1.87. The Bertz CT molecular complexity index is 936. The van der Waals surface area contributed by atoms with Gasteiger partial charge in [-0.1, -0.05) is 78.5 Å². The van der Waals surface area contributed by atoms with E-state index in [2.05, 4.69) is 20.7 Å². The quantitative estimate of drug-likeness (QED) is 0.389. The highest BCUT2D eigenvalue weighted by Gasteiger charge is 2.12. The maximum absolute atomic E-state index is 11.9. The van der Waals surface area contributed by atoms with Crippen molar-refractivity contribution in [2.24, 2.45) is 12.1 Å². The van der Waals surface area contributed by atoms with Crippen molar-refractivity contribution in [2.45, 2.75) is 5.16 Å². The van der Waals surface area contributed by atoms with Crippen molar-refractivity contribution in [2.75, 3.05) is 5.75 Å². The number of carbonyl (C=O) groups is 1. The average Bonchev–Trinajstić information content (AvgIpc) is 3.08. The molecule has 1 heterocycles. The van der Waals surface area contributed by atoms with E-state index in [1.54, 1.807) is 12.3 Å². The van der Waals surface area contributed by atoms with E-state index < -0.39 is 0 Å². The van der Waals surface area contributed by atoms with Crippen molar-refractivity contribution >= 4 is 30.0 Å². The molecule has 0 radical (unpaired) electrons. The van der Waals surface area contributed by atoms with E-state index in [1.165, 1.54) is 11.8 Å². The van der Waals surface area contributed by atoms with Gasteiger partial charge in [-0.15, -0.1) is 10.2 Å². The lowest BCUT2D eigenvalue weighted by atomic mass is 10.2. The Morgan fingerprint density at radius 3 is 2.56 bits per heavy atom. The van der Waals surface area contributed by atoms with Gasteiger partial charge in [-0.2, -0.15) is 5.10 Å². The monoisotopic (exact) mass is 377 g/mol. The summed E-state index contributed by atoms with van der Waals surface area (Å²) in [4.78, 5) is 11.9. The zero-order valence-corrected chi connectivity index (χ0v) is 15.6. The summed E-state index contributed by atoms with van der Waals surface area (Å²) in [5.41, 5.74) is 4.55. The molecule has 3 aromatic rings. The van der Waals surface area contributed by atoms with Crippen LogP contribution < -0.4 is 5.43 Å². The zero-order chi connectivity index (χ0) is 18.9. The molecule has 0 bridgehead atoms. The number of carbonyl (C=O) groups excluding carboxylic acids is 1. The number of allylic oxidation sites excluding steroid dienone is 1. The topological polar surface area (TPSA) is 72.2 Å². The molecule has 2 aromatic carbocycles. The van der Waals surface area contributed by atoms with Gasteiger partial charge >= 0.3 is 0 Å². The van der Waals surface area contributed by atoms with Crippen LogP contribution in [0.25, 0.3) is 17.5 Å². The van der Waals surface area contributed by atoms with Gasteiger partial charge in [0.1, 0.15) is 0 Å². The first-order valence-electron chi connectivity index (χ1n) is 8.35. The minimum Gasteiger partial charge on any atom is -0.305 e. The first-order valence-corrected chi connectivity index (χ1v) is 9.34. The molecule has 0 atom stereocenters. The lowest BCUT2D eigenvalue weighted by Gasteiger charge is -2.03. The summed E-state index contributed by atoms with van der Waals surface area (Å²) in [6, 6.07) is 19.7. The molecular weight excluding hydrogens is 358 g/mol. The minimum atomic E-state index is -0.200. The molecule has 1 aromatic heterocycles. The van der Waals surface area contributed by atoms with Crippen LogP contribution in [0.1, 0.15) is 5.56 Å². The third kappa shape index (κ3) is 5.39. The number of aromatic nitrogens is 3. The summed E-state index contributed by atoms with van der Waals surface area (Å²) in [5.74, 6) is 0.775. The SMILES string of the molecule is Cn1c(SCC(=O)NN=CC=Cc2ccccc2)nnc1-c1ccccc1. The van der Waals surface area contributed by atoms with E-state index in [4.69, 9.17) is 0 Å². The smallest absolute Gasteiger partial charge is 0.250 e. The number of nitrogens with zero attached hydrogens (tertiary/aromatic N) is 4. The Morgan fingerprint density at radius 1 is 1.11 bits per heavy atom. The number of hydrazone groups is 1. The van der Waals surface area contributed by atoms with Crippen LogP contribution >= 0.6 is 11.8 Å². The van der Waals surface area contributed by atoms with Crippen molar-refractivity contribution in [3.05, 3.63) is 72.3 Å². The van der Waals surface area contributed by atoms with E-state index in [-0.39, 0.29) is 11.7 Å². The molecule has 7 heteroatoms. The van der Waals surface area contributed by atoms with Gasteiger partial charge in [0.05, 0.1) is 5.75 Å². The number of hydrogen-bond donors (Lipinski definition) is 1. The minimum absolute atomic E-state index is 0.200. The van der Waals surface area contributed by atoms with Crippen LogP contribution in [0.5, 0.6) is 0 Å². The predicted octanol–water partition coefficient (Wildman–Crippen LogP) is 3.39. The molecule has 6 nitrogen and oxygen atoms in total. The van der Waals surface area contributed by atoms with Gasteiger partial charge in [-0.3, -0.25) is 4.79 Å². The van der Waals surface area contributed by atoms with Gasteiger partial charge < -0.3 is 4.57 Å². The molecule has 0 unspecified atom stereocenters. The molecule has 0 aliphatic heterocycles. The second kappa shape index (κ2) is 9.49. The third-order valence-corrected chi connectivity index (χ3v) is 4.66. The molecular formula is C20H19N5OS. The number of nitrogens with one attached hydrogen (secondary N) is 1. The largest absolute Gasteiger partial charge is 0.305 e. The third-order valence-electron chi connectivity index (χ3n) is 3.64. The molecule has 0 aliphatic carbocycles. The van der Waals surface area contributed by atoms with Gasteiger partial charge in [0.25, 0.3) is 5.91 Å². The van der Waals surface area contributed by atoms with E-state index in [0.717, 1.165) is 17.0 Å². The molecule has 0 saturated heterocycles. The van der Waals surface area contributed by atoms with Crippen LogP contribution in [0.3, 0.4) is 0 Å². The molecule has 1 N–H and O–H groups in total. The highest BCUT2D eigenvalue weighted by atomic mass is 32.2. The Morgan fingerprint density at radius 2 is 1.81 bits per heavy atom. The molecule has 0 aliphatic rings. The van der Waals surface area contributed by atoms with Crippen LogP contribution in [0.15, 0.2) is 77.0 Å². The van der Waals surface area contributed by atoms with Gasteiger partial charge in [-0.25, -0.2) is 5.43 Å². The Balaban J connectivity index is 1.48. The Kier molecular flexibility index (Phi) is 6.54. The van der Waals surface area contributed by atoms with Crippen molar-refractivity contribution in [1.29, 1.82) is 0 Å². The number of rotatable bonds is 7. The fourth-order valence-corrected chi connectivity index (χ4v) is 3.02. The maximum atomic E-state index is 11.9. The molecule has 136 valence electrons. The van der Waals surface area contributed by atoms with Crippen LogP contribution in [0.4, 0.5) is 0 Å². The standard InChI is InChI=1S/C20H19N5OS/c1-25-19(17-12-6-3-7-13-17)23-24-20(25)27-15-18(26)22-21-14-8-11-16-9-4-2-5-10-16/h2-14H,15H2,1H3,(H,22,26). The van der Waals surface area contributed by atoms with E-state index >= 15 is 0 Å². The van der Waals surface area contributed by atoms with Gasteiger partial charge in [0.2, 0.25) is 0 Å². The second-order valence-corrected chi connectivity index (χ2v) is 6.55. The number of thioether (sulfide) groups is 1. The average molecular weight is 377 g/mol. The summed E-state index contributed by atoms with van der Waals surface area (Å²) in [6.45, 7) is 0. The van der Waals surface area contributed by atoms with Gasteiger partial charge in [0, 0.05) is 18.8 Å². The van der Waals surface area contributed by atoms with Crippen molar-refractivity contribution in [3.8, 4) is 11.4 Å². The molecule has 0 saturated carbocycles. The first-order chi connectivity index (χ1) is 13.2. The molecule has 1 amide bonds. The first kappa shape index (κ1) is 18.6. The van der Waals surface area contributed by atoms with Crippen molar-refractivity contribution < 1.29 is 4.79 Å². The van der Waals surface area contributed by atoms with Crippen LogP contribution in [-0.2, 0) is 11.8 Å². The van der Waals surface area contributed by atoms with Gasteiger partial charge in [0.15, 0.2) is 11.0 Å². The second-order valence-electron chi connectivity index (χ2n) is 5.60. The Labute approximate surface area is 162 Å². The highest BCUT2D eigenvalue weighted by Crippen LogP contribution is 2.22. The lowest BCUT2D eigenvalue weighted by molar-refractivity contribution is -0.118. The predicted molar refractivity (Wildman–Crippen MR) is 109 cm³/mol. The highest BCUT2D eigenvalue weighted by molar-refractivity contribution is 7.99. The van der Waals surface area contributed by atoms with E-state index in [1.807, 2.05) is 78.4 Å². The summed E-state index contributed by atoms with van der Waals surface area (Å²) in [5, 5.41) is 12.9. The van der Waals surface area contributed by atoms with Crippen LogP contribution in [-0.4, -0.2) is 32.6 Å². The van der Waals surface area contributed by atoms with Gasteiger partial charge in [-0.05, 0) is 11.6 Å². The number of hydrogen-bond acceptors (Lipinski definition) is 5. The molecule has 0 spiro atoms. The van der Waals surface area contributed by atoms with Crippen LogP contribution in [0, 0.1) is 0 Å².